The number of sulfonamides is 1. The first kappa shape index (κ1) is 25.5. The average molecular weight is 500 g/mol. The second-order valence-corrected chi connectivity index (χ2v) is 9.36. The van der Waals surface area contributed by atoms with Crippen LogP contribution in [0.25, 0.3) is 0 Å². The summed E-state index contributed by atoms with van der Waals surface area (Å²) in [7, 11) is -1.13. The number of ether oxygens (including phenoxy) is 2. The van der Waals surface area contributed by atoms with Crippen LogP contribution in [-0.2, 0) is 14.8 Å². The van der Waals surface area contributed by atoms with Crippen molar-refractivity contribution in [1.82, 2.24) is 5.32 Å². The van der Waals surface area contributed by atoms with Crippen molar-refractivity contribution in [1.29, 1.82) is 0 Å². The molecule has 0 aliphatic heterocycles. The first-order valence-electron chi connectivity index (χ1n) is 10.5. The molecule has 184 valence electrons. The van der Waals surface area contributed by atoms with Crippen molar-refractivity contribution in [2.24, 2.45) is 0 Å². The van der Waals surface area contributed by atoms with Crippen molar-refractivity contribution in [2.45, 2.75) is 17.9 Å². The fraction of sp³-hybridized carbons (Fsp3) is 0.208. The second kappa shape index (κ2) is 10.9. The summed E-state index contributed by atoms with van der Waals surface area (Å²) in [5.74, 6) is 0.518. The van der Waals surface area contributed by atoms with Crippen molar-refractivity contribution in [3.05, 3.63) is 88.5 Å². The summed E-state index contributed by atoms with van der Waals surface area (Å²) in [6, 6.07) is 17.2. The lowest BCUT2D eigenvalue weighted by Gasteiger charge is -2.25. The van der Waals surface area contributed by atoms with Gasteiger partial charge in [0.15, 0.2) is 0 Å². The summed E-state index contributed by atoms with van der Waals surface area (Å²) < 4.78 is 38.3. The lowest BCUT2D eigenvalue weighted by molar-refractivity contribution is -0.384. The molecule has 0 heterocycles. The van der Waals surface area contributed by atoms with Gasteiger partial charge in [-0.25, -0.2) is 8.42 Å². The molecule has 0 spiro atoms. The molecule has 0 aliphatic rings. The fourth-order valence-corrected chi connectivity index (χ4v) is 4.89. The van der Waals surface area contributed by atoms with E-state index in [1.807, 2.05) is 0 Å². The van der Waals surface area contributed by atoms with E-state index in [-0.39, 0.29) is 16.3 Å². The van der Waals surface area contributed by atoms with Crippen LogP contribution in [0.1, 0.15) is 18.5 Å². The molecule has 3 aromatic carbocycles. The number of amides is 1. The van der Waals surface area contributed by atoms with Gasteiger partial charge in [-0.05, 0) is 49.4 Å². The van der Waals surface area contributed by atoms with Gasteiger partial charge in [-0.15, -0.1) is 0 Å². The maximum absolute atomic E-state index is 13.4. The summed E-state index contributed by atoms with van der Waals surface area (Å²) in [5, 5.41) is 13.8. The lowest BCUT2D eigenvalue weighted by atomic mass is 10.1. The number of nitro groups is 1. The third kappa shape index (κ3) is 5.87. The molecular formula is C24H25N3O7S. The van der Waals surface area contributed by atoms with E-state index in [1.54, 1.807) is 43.3 Å². The van der Waals surface area contributed by atoms with E-state index in [4.69, 9.17) is 9.47 Å². The van der Waals surface area contributed by atoms with E-state index in [9.17, 15) is 23.3 Å². The van der Waals surface area contributed by atoms with Gasteiger partial charge in [0.2, 0.25) is 5.91 Å². The van der Waals surface area contributed by atoms with Gasteiger partial charge in [0.1, 0.15) is 18.0 Å². The molecule has 1 unspecified atom stereocenters. The van der Waals surface area contributed by atoms with Crippen LogP contribution >= 0.6 is 0 Å². The van der Waals surface area contributed by atoms with Crippen molar-refractivity contribution in [2.75, 3.05) is 25.1 Å². The SMILES string of the molecule is COc1ccc(OC)c(C(C)NC(=O)CN(c2ccc([N+](=O)[O-])cc2)S(=O)(=O)c2ccccc2)c1. The highest BCUT2D eigenvalue weighted by Crippen LogP contribution is 2.30. The number of hydrogen-bond acceptors (Lipinski definition) is 7. The Bertz CT molecular complexity index is 1300. The van der Waals surface area contributed by atoms with E-state index in [0.29, 0.717) is 17.1 Å². The minimum Gasteiger partial charge on any atom is -0.497 e. The molecule has 3 rings (SSSR count). The normalized spacial score (nSPS) is 11.9. The summed E-state index contributed by atoms with van der Waals surface area (Å²) >= 11 is 0. The molecule has 0 aromatic heterocycles. The van der Waals surface area contributed by atoms with E-state index in [1.165, 1.54) is 50.6 Å². The van der Waals surface area contributed by atoms with Crippen LogP contribution in [0, 0.1) is 10.1 Å². The van der Waals surface area contributed by atoms with Gasteiger partial charge in [0.05, 0.1) is 35.8 Å². The minimum atomic E-state index is -4.15. The van der Waals surface area contributed by atoms with Crippen molar-refractivity contribution >= 4 is 27.3 Å². The highest BCUT2D eigenvalue weighted by atomic mass is 32.2. The highest BCUT2D eigenvalue weighted by molar-refractivity contribution is 7.92. The van der Waals surface area contributed by atoms with Crippen molar-refractivity contribution < 1.29 is 27.6 Å². The molecule has 10 nitrogen and oxygen atoms in total. The number of non-ortho nitro benzene ring substituents is 1. The van der Waals surface area contributed by atoms with Crippen LogP contribution in [0.2, 0.25) is 0 Å². The first-order valence-corrected chi connectivity index (χ1v) is 11.9. The van der Waals surface area contributed by atoms with Gasteiger partial charge in [-0.3, -0.25) is 19.2 Å². The van der Waals surface area contributed by atoms with E-state index >= 15 is 0 Å². The van der Waals surface area contributed by atoms with Crippen LogP contribution in [-0.4, -0.2) is 40.0 Å². The van der Waals surface area contributed by atoms with Crippen LogP contribution in [0.4, 0.5) is 11.4 Å². The average Bonchev–Trinajstić information content (AvgIpc) is 2.87. The van der Waals surface area contributed by atoms with Gasteiger partial charge < -0.3 is 14.8 Å². The Kier molecular flexibility index (Phi) is 7.92. The zero-order chi connectivity index (χ0) is 25.6. The molecular weight excluding hydrogens is 474 g/mol. The molecule has 0 radical (unpaired) electrons. The molecule has 0 aliphatic carbocycles. The number of carbonyl (C=O) groups is 1. The summed E-state index contributed by atoms with van der Waals surface area (Å²) in [6.07, 6.45) is 0. The molecule has 35 heavy (non-hydrogen) atoms. The Labute approximate surface area is 203 Å². The Morgan fingerprint density at radius 3 is 2.26 bits per heavy atom. The predicted molar refractivity (Wildman–Crippen MR) is 130 cm³/mol. The lowest BCUT2D eigenvalue weighted by Crippen LogP contribution is -2.41. The zero-order valence-corrected chi connectivity index (χ0v) is 20.2. The first-order chi connectivity index (χ1) is 16.7. The fourth-order valence-electron chi connectivity index (χ4n) is 3.45. The number of anilines is 1. The molecule has 0 fully saturated rings. The Morgan fingerprint density at radius 1 is 1.03 bits per heavy atom. The molecule has 1 amide bonds. The van der Waals surface area contributed by atoms with Crippen LogP contribution in [0.3, 0.4) is 0 Å². The molecule has 0 saturated heterocycles. The van der Waals surface area contributed by atoms with Gasteiger partial charge in [-0.2, -0.15) is 0 Å². The van der Waals surface area contributed by atoms with E-state index in [2.05, 4.69) is 5.32 Å². The summed E-state index contributed by atoms with van der Waals surface area (Å²) in [4.78, 5) is 23.4. The number of nitrogens with zero attached hydrogens (tertiary/aromatic N) is 2. The summed E-state index contributed by atoms with van der Waals surface area (Å²) in [5.41, 5.74) is 0.559. The standard InChI is InChI=1S/C24H25N3O7S/c1-17(22-15-20(33-2)13-14-23(22)34-3)25-24(28)16-26(18-9-11-19(12-10-18)27(29)30)35(31,32)21-7-5-4-6-8-21/h4-15,17H,16H2,1-3H3,(H,25,28). The third-order valence-corrected chi connectivity index (χ3v) is 7.04. The molecule has 3 aromatic rings. The number of nitro benzene ring substituents is 1. The zero-order valence-electron chi connectivity index (χ0n) is 19.4. The van der Waals surface area contributed by atoms with Gasteiger partial charge in [0.25, 0.3) is 15.7 Å². The number of nitrogens with one attached hydrogen (secondary N) is 1. The number of benzene rings is 3. The topological polar surface area (TPSA) is 128 Å². The van der Waals surface area contributed by atoms with Crippen LogP contribution < -0.4 is 19.1 Å². The van der Waals surface area contributed by atoms with Crippen LogP contribution in [0.15, 0.2) is 77.7 Å². The predicted octanol–water partition coefficient (Wildman–Crippen LogP) is 3.68. The third-order valence-electron chi connectivity index (χ3n) is 5.25. The molecule has 11 heteroatoms. The number of rotatable bonds is 10. The van der Waals surface area contributed by atoms with Crippen molar-refractivity contribution in [3.8, 4) is 11.5 Å². The maximum atomic E-state index is 13.4. The number of methoxy groups -OCH3 is 2. The van der Waals surface area contributed by atoms with Gasteiger partial charge >= 0.3 is 0 Å². The highest BCUT2D eigenvalue weighted by Gasteiger charge is 2.28. The minimum absolute atomic E-state index is 0.0198. The van der Waals surface area contributed by atoms with Gasteiger partial charge in [-0.1, -0.05) is 18.2 Å². The number of carbonyl (C=O) groups excluding carboxylic acids is 1. The Hall–Kier alpha value is -4.12. The molecule has 0 bridgehead atoms. The van der Waals surface area contributed by atoms with E-state index < -0.39 is 33.4 Å². The van der Waals surface area contributed by atoms with Crippen molar-refractivity contribution in [3.63, 3.8) is 0 Å². The molecule has 1 atom stereocenters. The second-order valence-electron chi connectivity index (χ2n) is 7.50. The quantitative estimate of drug-likeness (QED) is 0.333. The molecule has 1 N–H and O–H groups in total. The smallest absolute Gasteiger partial charge is 0.269 e. The largest absolute Gasteiger partial charge is 0.497 e. The number of hydrogen-bond donors (Lipinski definition) is 1. The molecule has 0 saturated carbocycles. The maximum Gasteiger partial charge on any atom is 0.269 e. The Morgan fingerprint density at radius 2 is 1.69 bits per heavy atom. The Balaban J connectivity index is 1.92. The summed E-state index contributed by atoms with van der Waals surface area (Å²) in [6.45, 7) is 1.18. The van der Waals surface area contributed by atoms with Crippen LogP contribution in [0.5, 0.6) is 11.5 Å². The monoisotopic (exact) mass is 499 g/mol. The van der Waals surface area contributed by atoms with E-state index in [0.717, 1.165) is 4.31 Å². The van der Waals surface area contributed by atoms with Gasteiger partial charge in [0, 0.05) is 17.7 Å².